The van der Waals surface area contributed by atoms with E-state index in [0.29, 0.717) is 17.3 Å². The number of aromatic nitrogens is 2. The third kappa shape index (κ3) is 2.82. The van der Waals surface area contributed by atoms with E-state index in [4.69, 9.17) is 11.6 Å². The van der Waals surface area contributed by atoms with Gasteiger partial charge >= 0.3 is 0 Å². The van der Waals surface area contributed by atoms with Gasteiger partial charge < -0.3 is 9.88 Å². The number of nitrogens with one attached hydrogen (secondary N) is 1. The van der Waals surface area contributed by atoms with Crippen molar-refractivity contribution in [3.8, 4) is 0 Å². The highest BCUT2D eigenvalue weighted by atomic mass is 35.5. The first-order valence-corrected chi connectivity index (χ1v) is 6.27. The lowest BCUT2D eigenvalue weighted by atomic mass is 10.3. The average Bonchev–Trinajstić information content (AvgIpc) is 2.77. The van der Waals surface area contributed by atoms with Crippen molar-refractivity contribution >= 4 is 17.3 Å². The average molecular weight is 268 g/mol. The predicted octanol–water partition coefficient (Wildman–Crippen LogP) is 3.70. The van der Waals surface area contributed by atoms with Gasteiger partial charge in [0.05, 0.1) is 29.3 Å². The maximum Gasteiger partial charge on any atom is 0.147 e. The first-order valence-electron chi connectivity index (χ1n) is 5.89. The quantitative estimate of drug-likeness (QED) is 0.895. The van der Waals surface area contributed by atoms with Crippen molar-refractivity contribution in [1.29, 1.82) is 0 Å². The van der Waals surface area contributed by atoms with Crippen LogP contribution >= 0.6 is 11.6 Å². The molecule has 5 heteroatoms. The molecular weight excluding hydrogens is 253 g/mol. The molecule has 18 heavy (non-hydrogen) atoms. The minimum atomic E-state index is -0.343. The molecule has 0 fully saturated rings. The van der Waals surface area contributed by atoms with Gasteiger partial charge in [0, 0.05) is 12.7 Å². The standard InChI is InChI=1S/C13H15ClFN3/c1-2-6-18-9-16-7-10(18)8-17-13-11(14)4-3-5-12(13)15/h3-5,7,9,17H,2,6,8H2,1H3. The normalized spacial score (nSPS) is 10.6. The van der Waals surface area contributed by atoms with Crippen LogP contribution < -0.4 is 5.32 Å². The van der Waals surface area contributed by atoms with E-state index >= 15 is 0 Å². The summed E-state index contributed by atoms with van der Waals surface area (Å²) in [7, 11) is 0. The Labute approximate surface area is 111 Å². The molecule has 0 spiro atoms. The van der Waals surface area contributed by atoms with Crippen molar-refractivity contribution in [2.45, 2.75) is 26.4 Å². The van der Waals surface area contributed by atoms with Crippen LogP contribution in [-0.4, -0.2) is 9.55 Å². The predicted molar refractivity (Wildman–Crippen MR) is 71.3 cm³/mol. The molecule has 0 radical (unpaired) electrons. The van der Waals surface area contributed by atoms with Gasteiger partial charge in [0.1, 0.15) is 5.82 Å². The van der Waals surface area contributed by atoms with E-state index in [1.807, 2.05) is 4.57 Å². The second kappa shape index (κ2) is 5.87. The SMILES string of the molecule is CCCn1cncc1CNc1c(F)cccc1Cl. The summed E-state index contributed by atoms with van der Waals surface area (Å²) in [5, 5.41) is 3.40. The number of para-hydroxylation sites is 1. The number of halogens is 2. The first kappa shape index (κ1) is 12.9. The molecule has 1 N–H and O–H groups in total. The monoisotopic (exact) mass is 267 g/mol. The summed E-state index contributed by atoms with van der Waals surface area (Å²) in [5.74, 6) is -0.343. The lowest BCUT2D eigenvalue weighted by molar-refractivity contribution is 0.627. The molecule has 0 unspecified atom stereocenters. The summed E-state index contributed by atoms with van der Waals surface area (Å²) in [4.78, 5) is 4.09. The second-order valence-electron chi connectivity index (χ2n) is 4.03. The van der Waals surface area contributed by atoms with E-state index in [1.165, 1.54) is 6.07 Å². The molecule has 0 atom stereocenters. The molecule has 3 nitrogen and oxygen atoms in total. The largest absolute Gasteiger partial charge is 0.376 e. The molecule has 0 saturated carbocycles. The highest BCUT2D eigenvalue weighted by Gasteiger charge is 2.07. The van der Waals surface area contributed by atoms with Crippen molar-refractivity contribution in [2.24, 2.45) is 0 Å². The number of rotatable bonds is 5. The number of benzene rings is 1. The zero-order valence-corrected chi connectivity index (χ0v) is 10.9. The smallest absolute Gasteiger partial charge is 0.147 e. The molecule has 1 heterocycles. The Bertz CT molecular complexity index is 504. The number of anilines is 1. The first-order chi connectivity index (χ1) is 8.72. The van der Waals surface area contributed by atoms with Crippen LogP contribution in [0.5, 0.6) is 0 Å². The zero-order valence-electron chi connectivity index (χ0n) is 10.2. The van der Waals surface area contributed by atoms with E-state index in [-0.39, 0.29) is 5.82 Å². The summed E-state index contributed by atoms with van der Waals surface area (Å²) in [6, 6.07) is 4.64. The Hall–Kier alpha value is -1.55. The van der Waals surface area contributed by atoms with Crippen molar-refractivity contribution < 1.29 is 4.39 Å². The van der Waals surface area contributed by atoms with Crippen LogP contribution in [-0.2, 0) is 13.1 Å². The molecule has 96 valence electrons. The summed E-state index contributed by atoms with van der Waals surface area (Å²) in [6.07, 6.45) is 4.59. The molecule has 0 bridgehead atoms. The minimum Gasteiger partial charge on any atom is -0.376 e. The summed E-state index contributed by atoms with van der Waals surface area (Å²) in [5.41, 5.74) is 1.35. The fraction of sp³-hybridized carbons (Fsp3) is 0.308. The van der Waals surface area contributed by atoms with Crippen molar-refractivity contribution in [1.82, 2.24) is 9.55 Å². The van der Waals surface area contributed by atoms with E-state index in [0.717, 1.165) is 18.7 Å². The molecule has 0 amide bonds. The molecule has 1 aromatic carbocycles. The maximum absolute atomic E-state index is 13.6. The molecule has 0 saturated heterocycles. The Morgan fingerprint density at radius 3 is 3.00 bits per heavy atom. The van der Waals surface area contributed by atoms with Crippen LogP contribution in [0.1, 0.15) is 19.0 Å². The molecule has 0 aliphatic heterocycles. The lowest BCUT2D eigenvalue weighted by Crippen LogP contribution is -2.08. The van der Waals surface area contributed by atoms with Gasteiger partial charge in [-0.25, -0.2) is 9.37 Å². The van der Waals surface area contributed by atoms with Gasteiger partial charge in [-0.3, -0.25) is 0 Å². The Kier molecular flexibility index (Phi) is 4.20. The number of hydrogen-bond donors (Lipinski definition) is 1. The second-order valence-corrected chi connectivity index (χ2v) is 4.44. The molecule has 0 aliphatic carbocycles. The van der Waals surface area contributed by atoms with Crippen LogP contribution in [0, 0.1) is 5.82 Å². The Morgan fingerprint density at radius 1 is 1.44 bits per heavy atom. The van der Waals surface area contributed by atoms with Crippen LogP contribution in [0.2, 0.25) is 5.02 Å². The van der Waals surface area contributed by atoms with E-state index < -0.39 is 0 Å². The Balaban J connectivity index is 2.09. The summed E-state index contributed by atoms with van der Waals surface area (Å²) >= 11 is 5.95. The Morgan fingerprint density at radius 2 is 2.28 bits per heavy atom. The van der Waals surface area contributed by atoms with Crippen LogP contribution in [0.15, 0.2) is 30.7 Å². The molecule has 0 aliphatic rings. The fourth-order valence-electron chi connectivity index (χ4n) is 1.78. The highest BCUT2D eigenvalue weighted by molar-refractivity contribution is 6.33. The van der Waals surface area contributed by atoms with E-state index in [9.17, 15) is 4.39 Å². The third-order valence-electron chi connectivity index (χ3n) is 2.67. The fourth-order valence-corrected chi connectivity index (χ4v) is 2.01. The highest BCUT2D eigenvalue weighted by Crippen LogP contribution is 2.25. The molecule has 2 rings (SSSR count). The number of aryl methyl sites for hydroxylation is 1. The number of hydrogen-bond acceptors (Lipinski definition) is 2. The minimum absolute atomic E-state index is 0.336. The van der Waals surface area contributed by atoms with Crippen molar-refractivity contribution in [2.75, 3.05) is 5.32 Å². The number of nitrogens with zero attached hydrogens (tertiary/aromatic N) is 2. The van der Waals surface area contributed by atoms with Crippen LogP contribution in [0.4, 0.5) is 10.1 Å². The van der Waals surface area contributed by atoms with E-state index in [1.54, 1.807) is 24.7 Å². The maximum atomic E-state index is 13.6. The van der Waals surface area contributed by atoms with Gasteiger partial charge in [-0.05, 0) is 18.6 Å². The van der Waals surface area contributed by atoms with Crippen molar-refractivity contribution in [3.63, 3.8) is 0 Å². The number of imidazole rings is 1. The van der Waals surface area contributed by atoms with Gasteiger partial charge in [0.2, 0.25) is 0 Å². The van der Waals surface area contributed by atoms with Crippen molar-refractivity contribution in [3.05, 3.63) is 47.3 Å². The lowest BCUT2D eigenvalue weighted by Gasteiger charge is -2.11. The van der Waals surface area contributed by atoms with Gasteiger partial charge in [0.25, 0.3) is 0 Å². The van der Waals surface area contributed by atoms with Gasteiger partial charge in [-0.2, -0.15) is 0 Å². The van der Waals surface area contributed by atoms with E-state index in [2.05, 4.69) is 17.2 Å². The molecule has 1 aromatic heterocycles. The third-order valence-corrected chi connectivity index (χ3v) is 2.99. The topological polar surface area (TPSA) is 29.9 Å². The van der Waals surface area contributed by atoms with Crippen LogP contribution in [0.25, 0.3) is 0 Å². The molecule has 2 aromatic rings. The summed E-state index contributed by atoms with van der Waals surface area (Å²) in [6.45, 7) is 3.51. The van der Waals surface area contributed by atoms with Crippen LogP contribution in [0.3, 0.4) is 0 Å². The van der Waals surface area contributed by atoms with Gasteiger partial charge in [0.15, 0.2) is 0 Å². The van der Waals surface area contributed by atoms with Gasteiger partial charge in [-0.15, -0.1) is 0 Å². The summed E-state index contributed by atoms with van der Waals surface area (Å²) < 4.78 is 15.6. The molecular formula is C13H15ClFN3. The van der Waals surface area contributed by atoms with Gasteiger partial charge in [-0.1, -0.05) is 24.6 Å². The zero-order chi connectivity index (χ0) is 13.0.